The van der Waals surface area contributed by atoms with Gasteiger partial charge in [-0.1, -0.05) is 14.9 Å². The van der Waals surface area contributed by atoms with Crippen LogP contribution < -0.4 is 0 Å². The normalized spacial score (nSPS) is 16.5. The Morgan fingerprint density at radius 1 is 1.38 bits per heavy atom. The van der Waals surface area contributed by atoms with Crippen molar-refractivity contribution in [3.05, 3.63) is 0 Å². The van der Waals surface area contributed by atoms with Gasteiger partial charge in [0.25, 0.3) is 8.48 Å². The standard InChI is InChI=1S/C7H15NO2Si.2CH4/c1-10-11(2,3)8-6-4-5-7(8)9;;/h4-6H2,1-3H3;2*1H4. The van der Waals surface area contributed by atoms with Crippen molar-refractivity contribution in [2.45, 2.75) is 40.8 Å². The van der Waals surface area contributed by atoms with Crippen molar-refractivity contribution in [3.63, 3.8) is 0 Å². The van der Waals surface area contributed by atoms with Crippen LogP contribution in [0.25, 0.3) is 0 Å². The zero-order chi connectivity index (χ0) is 8.48. The van der Waals surface area contributed by atoms with Crippen molar-refractivity contribution < 1.29 is 9.22 Å². The molecule has 0 aromatic carbocycles. The van der Waals surface area contributed by atoms with E-state index < -0.39 is 8.48 Å². The smallest absolute Gasteiger partial charge is 0.296 e. The van der Waals surface area contributed by atoms with Crippen molar-refractivity contribution in [2.75, 3.05) is 13.7 Å². The molecular weight excluding hydrogens is 182 g/mol. The summed E-state index contributed by atoms with van der Waals surface area (Å²) in [6.07, 6.45) is 1.71. The van der Waals surface area contributed by atoms with E-state index in [0.717, 1.165) is 13.0 Å². The second-order valence-corrected chi connectivity index (χ2v) is 7.14. The van der Waals surface area contributed by atoms with E-state index in [1.807, 2.05) is 4.57 Å². The van der Waals surface area contributed by atoms with E-state index in [-0.39, 0.29) is 20.8 Å². The highest BCUT2D eigenvalue weighted by atomic mass is 28.4. The maximum absolute atomic E-state index is 11.3. The van der Waals surface area contributed by atoms with Crippen LogP contribution in [0.15, 0.2) is 0 Å². The van der Waals surface area contributed by atoms with E-state index in [1.54, 1.807) is 7.11 Å². The largest absolute Gasteiger partial charge is 0.402 e. The lowest BCUT2D eigenvalue weighted by molar-refractivity contribution is -0.124. The molecule has 0 radical (unpaired) electrons. The van der Waals surface area contributed by atoms with Gasteiger partial charge in [0.2, 0.25) is 5.91 Å². The monoisotopic (exact) mass is 205 g/mol. The van der Waals surface area contributed by atoms with Gasteiger partial charge in [-0.05, 0) is 19.5 Å². The Balaban J connectivity index is 0. The van der Waals surface area contributed by atoms with Crippen LogP contribution in [0, 0.1) is 0 Å². The molecule has 1 saturated heterocycles. The summed E-state index contributed by atoms with van der Waals surface area (Å²) in [5.41, 5.74) is 0. The van der Waals surface area contributed by atoms with E-state index in [0.29, 0.717) is 6.42 Å². The molecule has 13 heavy (non-hydrogen) atoms. The minimum atomic E-state index is -1.82. The Hall–Kier alpha value is -0.353. The van der Waals surface area contributed by atoms with Gasteiger partial charge in [0.1, 0.15) is 0 Å². The molecule has 1 heterocycles. The highest BCUT2D eigenvalue weighted by Crippen LogP contribution is 2.18. The molecule has 1 aliphatic rings. The molecule has 1 aliphatic heterocycles. The molecule has 1 fully saturated rings. The topological polar surface area (TPSA) is 29.5 Å². The number of amides is 1. The molecule has 0 spiro atoms. The molecule has 80 valence electrons. The maximum atomic E-state index is 11.3. The number of hydrogen-bond donors (Lipinski definition) is 0. The molecule has 1 amide bonds. The van der Waals surface area contributed by atoms with Crippen LogP contribution >= 0.6 is 0 Å². The van der Waals surface area contributed by atoms with Crippen LogP contribution in [0.2, 0.25) is 13.1 Å². The lowest BCUT2D eigenvalue weighted by Gasteiger charge is -2.30. The molecule has 0 saturated carbocycles. The highest BCUT2D eigenvalue weighted by molar-refractivity contribution is 6.70. The van der Waals surface area contributed by atoms with Gasteiger partial charge in [0.05, 0.1) is 0 Å². The number of carbonyl (C=O) groups is 1. The minimum Gasteiger partial charge on any atom is -0.402 e. The fraction of sp³-hybridized carbons (Fsp3) is 0.889. The van der Waals surface area contributed by atoms with Gasteiger partial charge in [-0.2, -0.15) is 0 Å². The Kier molecular flexibility index (Phi) is 6.28. The van der Waals surface area contributed by atoms with Crippen molar-refractivity contribution in [1.82, 2.24) is 4.57 Å². The number of hydrogen-bond acceptors (Lipinski definition) is 2. The van der Waals surface area contributed by atoms with Gasteiger partial charge >= 0.3 is 0 Å². The maximum Gasteiger partial charge on any atom is 0.296 e. The van der Waals surface area contributed by atoms with Crippen molar-refractivity contribution >= 4 is 14.4 Å². The molecule has 0 unspecified atom stereocenters. The van der Waals surface area contributed by atoms with Crippen LogP contribution in [0.5, 0.6) is 0 Å². The minimum absolute atomic E-state index is 0. The summed E-state index contributed by atoms with van der Waals surface area (Å²) >= 11 is 0. The molecule has 0 atom stereocenters. The van der Waals surface area contributed by atoms with Crippen molar-refractivity contribution in [1.29, 1.82) is 0 Å². The predicted molar refractivity (Wildman–Crippen MR) is 58.9 cm³/mol. The third-order valence-corrected chi connectivity index (χ3v) is 5.00. The first-order valence-electron chi connectivity index (χ1n) is 3.93. The third-order valence-electron chi connectivity index (χ3n) is 2.22. The summed E-state index contributed by atoms with van der Waals surface area (Å²) in [7, 11) is -0.131. The lowest BCUT2D eigenvalue weighted by atomic mass is 10.4. The Labute approximate surface area is 83.3 Å². The zero-order valence-corrected chi connectivity index (χ0v) is 8.39. The van der Waals surface area contributed by atoms with E-state index in [9.17, 15) is 4.79 Å². The summed E-state index contributed by atoms with van der Waals surface area (Å²) in [4.78, 5) is 11.3. The first kappa shape index (κ1) is 15.1. The number of rotatable bonds is 2. The van der Waals surface area contributed by atoms with Crippen molar-refractivity contribution in [2.24, 2.45) is 0 Å². The molecule has 1 rings (SSSR count). The van der Waals surface area contributed by atoms with E-state index in [2.05, 4.69) is 13.1 Å². The first-order chi connectivity index (χ1) is 5.08. The molecule has 0 aromatic rings. The first-order valence-corrected chi connectivity index (χ1v) is 6.79. The molecule has 4 heteroatoms. The molecule has 0 aliphatic carbocycles. The van der Waals surface area contributed by atoms with E-state index >= 15 is 0 Å². The van der Waals surface area contributed by atoms with Crippen LogP contribution in [0.3, 0.4) is 0 Å². The van der Waals surface area contributed by atoms with Crippen LogP contribution in [0.1, 0.15) is 27.7 Å². The van der Waals surface area contributed by atoms with Gasteiger partial charge in [0.15, 0.2) is 0 Å². The summed E-state index contributed by atoms with van der Waals surface area (Å²) in [6.45, 7) is 5.00. The number of nitrogens with zero attached hydrogens (tertiary/aromatic N) is 1. The van der Waals surface area contributed by atoms with E-state index in [4.69, 9.17) is 4.43 Å². The summed E-state index contributed by atoms with van der Waals surface area (Å²) < 4.78 is 7.26. The van der Waals surface area contributed by atoms with Crippen LogP contribution in [0.4, 0.5) is 0 Å². The van der Waals surface area contributed by atoms with Gasteiger partial charge in [0, 0.05) is 20.1 Å². The molecule has 0 aromatic heterocycles. The fourth-order valence-corrected chi connectivity index (χ4v) is 2.96. The Bertz CT molecular complexity index is 171. The summed E-state index contributed by atoms with van der Waals surface area (Å²) in [5.74, 6) is 0.267. The third kappa shape index (κ3) is 3.12. The Morgan fingerprint density at radius 2 is 1.92 bits per heavy atom. The van der Waals surface area contributed by atoms with E-state index in [1.165, 1.54) is 0 Å². The average molecular weight is 205 g/mol. The molecule has 0 N–H and O–H groups in total. The number of carbonyl (C=O) groups excluding carboxylic acids is 1. The van der Waals surface area contributed by atoms with Crippen LogP contribution in [-0.2, 0) is 9.22 Å². The van der Waals surface area contributed by atoms with Crippen LogP contribution in [-0.4, -0.2) is 32.6 Å². The quantitative estimate of drug-likeness (QED) is 0.647. The second kappa shape index (κ2) is 5.39. The summed E-state index contributed by atoms with van der Waals surface area (Å²) in [5, 5.41) is 0. The highest BCUT2D eigenvalue weighted by Gasteiger charge is 2.36. The van der Waals surface area contributed by atoms with Gasteiger partial charge in [-0.25, -0.2) is 0 Å². The SMILES string of the molecule is C.C.CO[Si](C)(C)N1CCCC1=O. The molecular formula is C9H23NO2Si. The fourth-order valence-electron chi connectivity index (χ4n) is 1.33. The molecule has 3 nitrogen and oxygen atoms in total. The van der Waals surface area contributed by atoms with Gasteiger partial charge < -0.3 is 8.99 Å². The van der Waals surface area contributed by atoms with Gasteiger partial charge in [-0.15, -0.1) is 0 Å². The van der Waals surface area contributed by atoms with Gasteiger partial charge in [-0.3, -0.25) is 4.79 Å². The zero-order valence-electron chi connectivity index (χ0n) is 7.39. The molecule has 0 bridgehead atoms. The Morgan fingerprint density at radius 3 is 2.23 bits per heavy atom. The second-order valence-electron chi connectivity index (χ2n) is 3.30. The average Bonchev–Trinajstić information content (AvgIpc) is 2.36. The lowest BCUT2D eigenvalue weighted by Crippen LogP contribution is -2.51. The predicted octanol–water partition coefficient (Wildman–Crippen LogP) is 2.23. The summed E-state index contributed by atoms with van der Waals surface area (Å²) in [6, 6.07) is 0. The van der Waals surface area contributed by atoms with Crippen molar-refractivity contribution in [3.8, 4) is 0 Å².